The highest BCUT2D eigenvalue weighted by Crippen LogP contribution is 2.55. The molecule has 2 nitrogen and oxygen atoms in total. The van der Waals surface area contributed by atoms with Crippen molar-refractivity contribution in [3.05, 3.63) is 337 Å². The quantitative estimate of drug-likeness (QED) is 0.126. The monoisotopic (exact) mass is 1200 g/mol. The molecule has 0 atom stereocenters. The number of fused-ring (bicyclic) bond motifs is 10. The average Bonchev–Trinajstić information content (AvgIpc) is 1.08. The van der Waals surface area contributed by atoms with Crippen molar-refractivity contribution in [2.75, 3.05) is 9.80 Å². The number of hydrogen-bond donors (Lipinski definition) is 0. The summed E-state index contributed by atoms with van der Waals surface area (Å²) in [6, 6.07) is 117. The summed E-state index contributed by atoms with van der Waals surface area (Å²) in [5.74, 6) is 0. The standard InChI is InChI=1S/C92H72N2/c1-90(2,3)69-37-39-71(40-38-69)94(75-42-48-79-77-46-36-66(60-23-13-9-14-24-60)54-85(77)92(6,7)87(79)58-75)73-44-50-81-83(56-73)89(68-34-32-62-26-18-20-28-64(62)52-68)80-49-43-72(55-82(80)88(81)67-33-31-61-25-17-19-27-63(61)51-67)93(70-29-15-10-16-30-70)74-41-47-78-76-45-35-65(59-21-11-8-12-22-59)53-84(76)91(4,5)86(78)57-74/h8-58H,1-7H3. The normalized spacial score (nSPS) is 13.4. The van der Waals surface area contributed by atoms with Gasteiger partial charge in [0.1, 0.15) is 0 Å². The molecule has 2 heteroatoms. The van der Waals surface area contributed by atoms with E-state index in [4.69, 9.17) is 0 Å². The van der Waals surface area contributed by atoms with Crippen molar-refractivity contribution in [1.82, 2.24) is 0 Å². The van der Waals surface area contributed by atoms with Gasteiger partial charge in [0, 0.05) is 45.0 Å². The van der Waals surface area contributed by atoms with E-state index in [0.717, 1.165) is 34.1 Å². The Balaban J connectivity index is 0.895. The van der Waals surface area contributed by atoms with Gasteiger partial charge >= 0.3 is 0 Å². The lowest BCUT2D eigenvalue weighted by atomic mass is 9.81. The first-order valence-electron chi connectivity index (χ1n) is 33.2. The van der Waals surface area contributed by atoms with Crippen LogP contribution in [0.4, 0.5) is 34.1 Å². The Morgan fingerprint density at radius 3 is 0.989 bits per heavy atom. The largest absolute Gasteiger partial charge is 0.310 e. The first-order valence-corrected chi connectivity index (χ1v) is 33.2. The molecular weight excluding hydrogens is 1130 g/mol. The Kier molecular flexibility index (Phi) is 13.2. The van der Waals surface area contributed by atoms with Crippen LogP contribution in [0.5, 0.6) is 0 Å². The Bertz CT molecular complexity index is 5520. The van der Waals surface area contributed by atoms with E-state index in [2.05, 4.69) is 368 Å². The lowest BCUT2D eigenvalue weighted by Gasteiger charge is -2.30. The van der Waals surface area contributed by atoms with Crippen LogP contribution in [0.1, 0.15) is 76.3 Å². The van der Waals surface area contributed by atoms with Crippen LogP contribution in [-0.2, 0) is 16.2 Å². The molecule has 2 aliphatic rings. The van der Waals surface area contributed by atoms with E-state index < -0.39 is 0 Å². The van der Waals surface area contributed by atoms with E-state index in [0.29, 0.717) is 0 Å². The van der Waals surface area contributed by atoms with Crippen LogP contribution in [0.25, 0.3) is 110 Å². The van der Waals surface area contributed by atoms with Crippen LogP contribution >= 0.6 is 0 Å². The molecule has 15 aromatic rings. The van der Waals surface area contributed by atoms with Gasteiger partial charge in [-0.05, 0) is 240 Å². The maximum absolute atomic E-state index is 2.50. The summed E-state index contributed by atoms with van der Waals surface area (Å²) < 4.78 is 0. The molecule has 0 saturated heterocycles. The highest BCUT2D eigenvalue weighted by atomic mass is 15.1. The highest BCUT2D eigenvalue weighted by Gasteiger charge is 2.38. The topological polar surface area (TPSA) is 6.48 Å². The van der Waals surface area contributed by atoms with Crippen LogP contribution in [0.15, 0.2) is 309 Å². The van der Waals surface area contributed by atoms with Gasteiger partial charge in [0.05, 0.1) is 0 Å². The zero-order chi connectivity index (χ0) is 63.6. The number of rotatable bonds is 10. The number of para-hydroxylation sites is 1. The maximum atomic E-state index is 2.50. The van der Waals surface area contributed by atoms with E-state index in [1.54, 1.807) is 0 Å². The molecule has 17 rings (SSSR count). The fourth-order valence-corrected chi connectivity index (χ4v) is 15.7. The summed E-state index contributed by atoms with van der Waals surface area (Å²) in [7, 11) is 0. The summed E-state index contributed by atoms with van der Waals surface area (Å²) in [4.78, 5) is 4.98. The molecule has 15 aromatic carbocycles. The molecule has 0 amide bonds. The zero-order valence-corrected chi connectivity index (χ0v) is 54.3. The second-order valence-electron chi connectivity index (χ2n) is 28.1. The molecule has 0 aromatic heterocycles. The second kappa shape index (κ2) is 21.8. The van der Waals surface area contributed by atoms with Gasteiger partial charge in [0.25, 0.3) is 0 Å². The van der Waals surface area contributed by atoms with Gasteiger partial charge in [-0.15, -0.1) is 0 Å². The Hall–Kier alpha value is -11.1. The van der Waals surface area contributed by atoms with Crippen LogP contribution < -0.4 is 9.80 Å². The summed E-state index contributed by atoms with van der Waals surface area (Å²) in [6.45, 7) is 16.5. The molecule has 450 valence electrons. The molecule has 94 heavy (non-hydrogen) atoms. The minimum Gasteiger partial charge on any atom is -0.310 e. The molecule has 0 bridgehead atoms. The fraction of sp³-hybridized carbons (Fsp3) is 0.109. The molecule has 0 saturated carbocycles. The lowest BCUT2D eigenvalue weighted by Crippen LogP contribution is -2.17. The third-order valence-corrected chi connectivity index (χ3v) is 20.7. The molecule has 0 aliphatic heterocycles. The van der Waals surface area contributed by atoms with Crippen LogP contribution in [0.2, 0.25) is 0 Å². The average molecular weight is 1210 g/mol. The van der Waals surface area contributed by atoms with Crippen molar-refractivity contribution in [1.29, 1.82) is 0 Å². The van der Waals surface area contributed by atoms with E-state index in [9.17, 15) is 0 Å². The highest BCUT2D eigenvalue weighted by molar-refractivity contribution is 6.23. The molecule has 0 spiro atoms. The Labute approximate surface area is 552 Å². The van der Waals surface area contributed by atoms with Crippen molar-refractivity contribution >= 4 is 77.2 Å². The SMILES string of the molecule is CC(C)(C)c1ccc(N(c2ccc3c(c2)C(C)(C)c2cc(-c4ccccc4)ccc2-3)c2ccc3c(-c4ccc5ccccc5c4)c4cc(N(c5ccccc5)c5ccc6c(c5)C(C)(C)c5cc(-c7ccccc7)ccc5-6)ccc4c(-c4ccc5ccccc5c4)c3c2)cc1. The molecule has 0 radical (unpaired) electrons. The summed E-state index contributed by atoms with van der Waals surface area (Å²) in [6.07, 6.45) is 0. The van der Waals surface area contributed by atoms with E-state index >= 15 is 0 Å². The Morgan fingerprint density at radius 2 is 0.564 bits per heavy atom. The molecule has 0 fully saturated rings. The number of anilines is 6. The van der Waals surface area contributed by atoms with E-state index in [1.807, 2.05) is 0 Å². The predicted octanol–water partition coefficient (Wildman–Crippen LogP) is 25.8. The number of nitrogens with zero attached hydrogens (tertiary/aromatic N) is 2. The third-order valence-electron chi connectivity index (χ3n) is 20.7. The van der Waals surface area contributed by atoms with Crippen LogP contribution in [0.3, 0.4) is 0 Å². The van der Waals surface area contributed by atoms with Crippen LogP contribution in [-0.4, -0.2) is 0 Å². The van der Waals surface area contributed by atoms with Gasteiger partial charge in [-0.1, -0.05) is 261 Å². The summed E-state index contributed by atoms with van der Waals surface area (Å²) >= 11 is 0. The van der Waals surface area contributed by atoms with Gasteiger partial charge in [0.15, 0.2) is 0 Å². The molecule has 2 aliphatic carbocycles. The molecule has 0 unspecified atom stereocenters. The maximum Gasteiger partial charge on any atom is 0.0468 e. The minimum absolute atomic E-state index is 0.0143. The van der Waals surface area contributed by atoms with Crippen LogP contribution in [0, 0.1) is 0 Å². The van der Waals surface area contributed by atoms with Crippen molar-refractivity contribution in [3.8, 4) is 66.8 Å². The second-order valence-corrected chi connectivity index (χ2v) is 28.1. The molecular formula is C92H72N2. The summed E-state index contributed by atoms with van der Waals surface area (Å²) in [5.41, 5.74) is 27.7. The Morgan fingerprint density at radius 1 is 0.234 bits per heavy atom. The van der Waals surface area contributed by atoms with Gasteiger partial charge in [0.2, 0.25) is 0 Å². The van der Waals surface area contributed by atoms with Crippen molar-refractivity contribution in [2.45, 2.75) is 64.7 Å². The third kappa shape index (κ3) is 9.37. The first-order chi connectivity index (χ1) is 45.7. The number of hydrogen-bond acceptors (Lipinski definition) is 2. The van der Waals surface area contributed by atoms with Crippen molar-refractivity contribution in [2.24, 2.45) is 0 Å². The zero-order valence-electron chi connectivity index (χ0n) is 54.3. The molecule has 0 heterocycles. The van der Waals surface area contributed by atoms with Gasteiger partial charge in [-0.2, -0.15) is 0 Å². The van der Waals surface area contributed by atoms with E-state index in [-0.39, 0.29) is 16.2 Å². The van der Waals surface area contributed by atoms with Crippen molar-refractivity contribution in [3.63, 3.8) is 0 Å². The van der Waals surface area contributed by atoms with Gasteiger partial charge in [-0.3, -0.25) is 0 Å². The predicted molar refractivity (Wildman–Crippen MR) is 401 cm³/mol. The first kappa shape index (κ1) is 56.9. The van der Waals surface area contributed by atoms with Gasteiger partial charge in [-0.25, -0.2) is 0 Å². The smallest absolute Gasteiger partial charge is 0.0468 e. The van der Waals surface area contributed by atoms with E-state index in [1.165, 1.54) is 138 Å². The minimum atomic E-state index is -0.251. The number of benzene rings is 15. The lowest BCUT2D eigenvalue weighted by molar-refractivity contribution is 0.590. The molecule has 0 N–H and O–H groups in total. The fourth-order valence-electron chi connectivity index (χ4n) is 15.7. The summed E-state index contributed by atoms with van der Waals surface area (Å²) in [5, 5.41) is 9.59. The van der Waals surface area contributed by atoms with Crippen molar-refractivity contribution < 1.29 is 0 Å². The van der Waals surface area contributed by atoms with Gasteiger partial charge < -0.3 is 9.80 Å².